The molecule has 1 N–H and O–H groups in total. The maximum atomic E-state index is 11.9. The van der Waals surface area contributed by atoms with Gasteiger partial charge in [0.15, 0.2) is 5.75 Å². The van der Waals surface area contributed by atoms with Crippen molar-refractivity contribution < 1.29 is 14.6 Å². The Balaban J connectivity index is 1.74. The van der Waals surface area contributed by atoms with Gasteiger partial charge in [-0.1, -0.05) is 48.5 Å². The van der Waals surface area contributed by atoms with Gasteiger partial charge in [0.2, 0.25) is 0 Å². The van der Waals surface area contributed by atoms with Crippen LogP contribution >= 0.6 is 0 Å². The highest BCUT2D eigenvalue weighted by Crippen LogP contribution is 2.34. The molecule has 0 unspecified atom stereocenters. The number of benzene rings is 3. The molecule has 0 radical (unpaired) electrons. The van der Waals surface area contributed by atoms with Gasteiger partial charge < -0.3 is 9.84 Å². The Morgan fingerprint density at radius 2 is 1.69 bits per heavy atom. The number of para-hydroxylation sites is 1. The molecule has 0 aliphatic heterocycles. The Morgan fingerprint density at radius 3 is 2.41 bits per heavy atom. The van der Waals surface area contributed by atoms with Gasteiger partial charge in [-0.2, -0.15) is 5.26 Å². The zero-order chi connectivity index (χ0) is 20.4. The lowest BCUT2D eigenvalue weighted by Gasteiger charge is -2.14. The summed E-state index contributed by atoms with van der Waals surface area (Å²) in [5, 5.41) is 19.6. The molecule has 0 aliphatic carbocycles. The molecular formula is C24H16N2O3. The summed E-state index contributed by atoms with van der Waals surface area (Å²) in [4.78, 5) is 16.4. The third-order valence-electron chi connectivity index (χ3n) is 4.66. The molecule has 0 fully saturated rings. The van der Waals surface area contributed by atoms with Gasteiger partial charge in [0, 0.05) is 5.39 Å². The number of carboxylic acid groups (broad SMARTS) is 1. The van der Waals surface area contributed by atoms with Crippen molar-refractivity contribution in [2.24, 2.45) is 0 Å². The molecule has 3 aromatic carbocycles. The van der Waals surface area contributed by atoms with Crippen LogP contribution in [0.2, 0.25) is 0 Å². The van der Waals surface area contributed by atoms with Gasteiger partial charge in [-0.05, 0) is 42.3 Å². The molecule has 0 saturated heterocycles. The number of aromatic nitrogens is 1. The maximum absolute atomic E-state index is 11.9. The SMILES string of the molecule is Cc1nc2ccccc2c(C(=O)O)c1Oc1ccc(-c2ccccc2C#N)cc1. The van der Waals surface area contributed by atoms with Crippen molar-refractivity contribution in [2.75, 3.05) is 0 Å². The number of nitrogens with zero attached hydrogens (tertiary/aromatic N) is 2. The number of rotatable bonds is 4. The highest BCUT2D eigenvalue weighted by Gasteiger charge is 2.20. The number of fused-ring (bicyclic) bond motifs is 1. The number of aryl methyl sites for hydroxylation is 1. The van der Waals surface area contributed by atoms with Crippen LogP contribution in [0.4, 0.5) is 0 Å². The minimum absolute atomic E-state index is 0.0898. The van der Waals surface area contributed by atoms with Crippen LogP contribution in [0.25, 0.3) is 22.0 Å². The fourth-order valence-electron chi connectivity index (χ4n) is 3.31. The van der Waals surface area contributed by atoms with Crippen LogP contribution in [0, 0.1) is 18.3 Å². The van der Waals surface area contributed by atoms with Crippen LogP contribution in [0.1, 0.15) is 21.6 Å². The average molecular weight is 380 g/mol. The fraction of sp³-hybridized carbons (Fsp3) is 0.0417. The number of aromatic carboxylic acids is 1. The third-order valence-corrected chi connectivity index (χ3v) is 4.66. The molecule has 29 heavy (non-hydrogen) atoms. The topological polar surface area (TPSA) is 83.2 Å². The Kier molecular flexibility index (Phi) is 4.68. The first-order chi connectivity index (χ1) is 14.1. The van der Waals surface area contributed by atoms with E-state index in [1.54, 1.807) is 43.3 Å². The smallest absolute Gasteiger partial charge is 0.340 e. The Bertz CT molecular complexity index is 1270. The largest absolute Gasteiger partial charge is 0.478 e. The van der Waals surface area contributed by atoms with Crippen LogP contribution in [-0.4, -0.2) is 16.1 Å². The Morgan fingerprint density at radius 1 is 1.00 bits per heavy atom. The minimum atomic E-state index is -1.07. The Hall–Kier alpha value is -4.17. The van der Waals surface area contributed by atoms with Crippen molar-refractivity contribution in [2.45, 2.75) is 6.92 Å². The van der Waals surface area contributed by atoms with Gasteiger partial charge >= 0.3 is 5.97 Å². The van der Waals surface area contributed by atoms with E-state index in [2.05, 4.69) is 11.1 Å². The summed E-state index contributed by atoms with van der Waals surface area (Å²) < 4.78 is 5.95. The summed E-state index contributed by atoms with van der Waals surface area (Å²) in [5.74, 6) is -0.353. The minimum Gasteiger partial charge on any atom is -0.478 e. The standard InChI is InChI=1S/C24H16N2O3/c1-15-23(22(24(27)28)20-8-4-5-9-21(20)26-15)29-18-12-10-16(11-13-18)19-7-3-2-6-17(19)14-25/h2-13H,1H3,(H,27,28). The van der Waals surface area contributed by atoms with Crippen LogP contribution < -0.4 is 4.74 Å². The van der Waals surface area contributed by atoms with Crippen molar-refractivity contribution in [3.8, 4) is 28.7 Å². The van der Waals surface area contributed by atoms with Gasteiger partial charge in [0.05, 0.1) is 22.8 Å². The first-order valence-corrected chi connectivity index (χ1v) is 8.98. The zero-order valence-corrected chi connectivity index (χ0v) is 15.6. The molecule has 5 nitrogen and oxygen atoms in total. The zero-order valence-electron chi connectivity index (χ0n) is 15.6. The van der Waals surface area contributed by atoms with E-state index >= 15 is 0 Å². The maximum Gasteiger partial charge on any atom is 0.340 e. The summed E-state index contributed by atoms with van der Waals surface area (Å²) in [5.41, 5.74) is 3.49. The van der Waals surface area contributed by atoms with Crippen LogP contribution in [0.3, 0.4) is 0 Å². The summed E-state index contributed by atoms with van der Waals surface area (Å²) in [6, 6.07) is 23.8. The molecule has 4 aromatic rings. The predicted molar refractivity (Wildman–Crippen MR) is 110 cm³/mol. The number of carboxylic acids is 1. The second-order valence-electron chi connectivity index (χ2n) is 6.51. The van der Waals surface area contributed by atoms with E-state index in [0.29, 0.717) is 27.9 Å². The van der Waals surface area contributed by atoms with E-state index in [0.717, 1.165) is 11.1 Å². The van der Waals surface area contributed by atoms with Crippen molar-refractivity contribution in [3.05, 3.63) is 89.6 Å². The van der Waals surface area contributed by atoms with Gasteiger partial charge in [-0.3, -0.25) is 0 Å². The van der Waals surface area contributed by atoms with E-state index in [1.165, 1.54) is 0 Å². The van der Waals surface area contributed by atoms with Crippen LogP contribution in [0.5, 0.6) is 11.5 Å². The van der Waals surface area contributed by atoms with E-state index in [4.69, 9.17) is 4.74 Å². The van der Waals surface area contributed by atoms with Crippen molar-refractivity contribution in [1.82, 2.24) is 4.98 Å². The molecule has 1 heterocycles. The molecule has 4 rings (SSSR count). The average Bonchev–Trinajstić information content (AvgIpc) is 2.74. The monoisotopic (exact) mass is 380 g/mol. The summed E-state index contributed by atoms with van der Waals surface area (Å²) in [7, 11) is 0. The van der Waals surface area contributed by atoms with E-state index in [1.807, 2.05) is 36.4 Å². The molecule has 0 atom stereocenters. The first-order valence-electron chi connectivity index (χ1n) is 8.98. The lowest BCUT2D eigenvalue weighted by Crippen LogP contribution is -2.05. The molecule has 0 amide bonds. The fourth-order valence-corrected chi connectivity index (χ4v) is 3.31. The number of hydrogen-bond donors (Lipinski definition) is 1. The van der Waals surface area contributed by atoms with Gasteiger partial charge in [-0.25, -0.2) is 9.78 Å². The van der Waals surface area contributed by atoms with Crippen molar-refractivity contribution in [1.29, 1.82) is 5.26 Å². The van der Waals surface area contributed by atoms with Crippen molar-refractivity contribution >= 4 is 16.9 Å². The second kappa shape index (κ2) is 7.45. The second-order valence-corrected chi connectivity index (χ2v) is 6.51. The summed E-state index contributed by atoms with van der Waals surface area (Å²) in [6.07, 6.45) is 0. The summed E-state index contributed by atoms with van der Waals surface area (Å²) in [6.45, 7) is 1.73. The van der Waals surface area contributed by atoms with E-state index in [9.17, 15) is 15.2 Å². The van der Waals surface area contributed by atoms with Crippen LogP contribution in [-0.2, 0) is 0 Å². The molecule has 0 spiro atoms. The molecule has 1 aromatic heterocycles. The lowest BCUT2D eigenvalue weighted by molar-refractivity contribution is 0.0696. The molecule has 0 aliphatic rings. The molecule has 140 valence electrons. The molecule has 0 saturated carbocycles. The number of pyridine rings is 1. The Labute approximate surface area is 167 Å². The quantitative estimate of drug-likeness (QED) is 0.500. The number of ether oxygens (including phenoxy) is 1. The first kappa shape index (κ1) is 18.2. The highest BCUT2D eigenvalue weighted by molar-refractivity contribution is 6.05. The molecule has 5 heteroatoms. The number of hydrogen-bond acceptors (Lipinski definition) is 4. The summed E-state index contributed by atoms with van der Waals surface area (Å²) >= 11 is 0. The van der Waals surface area contributed by atoms with E-state index in [-0.39, 0.29) is 11.3 Å². The van der Waals surface area contributed by atoms with E-state index < -0.39 is 5.97 Å². The number of nitriles is 1. The molecular weight excluding hydrogens is 364 g/mol. The normalized spacial score (nSPS) is 10.5. The van der Waals surface area contributed by atoms with Crippen molar-refractivity contribution in [3.63, 3.8) is 0 Å². The predicted octanol–water partition coefficient (Wildman–Crippen LogP) is 5.57. The van der Waals surface area contributed by atoms with Gasteiger partial charge in [0.25, 0.3) is 0 Å². The van der Waals surface area contributed by atoms with Gasteiger partial charge in [0.1, 0.15) is 11.3 Å². The van der Waals surface area contributed by atoms with Gasteiger partial charge in [-0.15, -0.1) is 0 Å². The van der Waals surface area contributed by atoms with Crippen LogP contribution in [0.15, 0.2) is 72.8 Å². The molecule has 0 bridgehead atoms. The third kappa shape index (κ3) is 3.40. The number of carbonyl (C=O) groups is 1. The highest BCUT2D eigenvalue weighted by atomic mass is 16.5. The lowest BCUT2D eigenvalue weighted by atomic mass is 10.0.